The maximum absolute atomic E-state index is 12.3. The quantitative estimate of drug-likeness (QED) is 0.846. The Hall–Kier alpha value is -2.72. The second-order valence-corrected chi connectivity index (χ2v) is 4.94. The molecule has 0 aliphatic rings. The molecule has 0 aliphatic carbocycles. The fourth-order valence-corrected chi connectivity index (χ4v) is 2.49. The number of hydrogen-bond acceptors (Lipinski definition) is 6. The number of carbonyl (C=O) groups excluding carboxylic acids is 1. The first kappa shape index (κ1) is 14.7. The molecule has 0 aliphatic heterocycles. The van der Waals surface area contributed by atoms with Crippen molar-refractivity contribution < 1.29 is 14.3 Å². The Kier molecular flexibility index (Phi) is 4.30. The highest BCUT2D eigenvalue weighted by Crippen LogP contribution is 2.32. The maximum Gasteiger partial charge on any atom is 0.258 e. The number of carbonyl (C=O) groups is 1. The topological polar surface area (TPSA) is 97.4 Å². The highest BCUT2D eigenvalue weighted by Gasteiger charge is 2.17. The van der Waals surface area contributed by atoms with E-state index in [0.717, 1.165) is 0 Å². The van der Waals surface area contributed by atoms with Crippen molar-refractivity contribution in [3.63, 3.8) is 0 Å². The van der Waals surface area contributed by atoms with E-state index in [4.69, 9.17) is 20.5 Å². The van der Waals surface area contributed by atoms with Crippen molar-refractivity contribution in [1.82, 2.24) is 0 Å². The van der Waals surface area contributed by atoms with Gasteiger partial charge in [-0.15, -0.1) is 11.3 Å². The van der Waals surface area contributed by atoms with Gasteiger partial charge in [-0.1, -0.05) is 0 Å². The van der Waals surface area contributed by atoms with Crippen LogP contribution in [0.4, 0.5) is 10.7 Å². The third-order valence-electron chi connectivity index (χ3n) is 2.81. The van der Waals surface area contributed by atoms with E-state index in [1.807, 2.05) is 6.07 Å². The average Bonchev–Trinajstić information content (AvgIpc) is 2.93. The number of ether oxygens (including phenoxy) is 2. The van der Waals surface area contributed by atoms with Gasteiger partial charge in [0.1, 0.15) is 11.1 Å². The Morgan fingerprint density at radius 3 is 2.62 bits per heavy atom. The number of thiophene rings is 1. The van der Waals surface area contributed by atoms with Crippen molar-refractivity contribution in [2.24, 2.45) is 0 Å². The zero-order valence-corrected chi connectivity index (χ0v) is 12.3. The summed E-state index contributed by atoms with van der Waals surface area (Å²) in [7, 11) is 2.96. The van der Waals surface area contributed by atoms with Crippen molar-refractivity contribution in [3.05, 3.63) is 34.7 Å². The van der Waals surface area contributed by atoms with Crippen molar-refractivity contribution in [3.8, 4) is 17.6 Å². The van der Waals surface area contributed by atoms with E-state index < -0.39 is 5.91 Å². The molecule has 3 N–H and O–H groups in total. The van der Waals surface area contributed by atoms with Gasteiger partial charge in [0.15, 0.2) is 11.5 Å². The van der Waals surface area contributed by atoms with Gasteiger partial charge in [-0.3, -0.25) is 4.79 Å². The van der Waals surface area contributed by atoms with Gasteiger partial charge in [0.25, 0.3) is 5.91 Å². The van der Waals surface area contributed by atoms with Crippen LogP contribution in [0, 0.1) is 11.3 Å². The fraction of sp³-hybridized carbons (Fsp3) is 0.143. The van der Waals surface area contributed by atoms with Crippen molar-refractivity contribution in [2.45, 2.75) is 0 Å². The summed E-state index contributed by atoms with van der Waals surface area (Å²) in [6.07, 6.45) is 0. The van der Waals surface area contributed by atoms with E-state index >= 15 is 0 Å². The predicted octanol–water partition coefficient (Wildman–Crippen LogP) is 2.47. The Morgan fingerprint density at radius 1 is 1.33 bits per heavy atom. The van der Waals surface area contributed by atoms with Gasteiger partial charge in [0.05, 0.1) is 25.3 Å². The molecule has 0 bridgehead atoms. The first-order valence-electron chi connectivity index (χ1n) is 5.91. The van der Waals surface area contributed by atoms with Crippen LogP contribution in [0.1, 0.15) is 15.9 Å². The second-order valence-electron chi connectivity index (χ2n) is 4.02. The summed E-state index contributed by atoms with van der Waals surface area (Å²) in [6, 6.07) is 6.67. The molecule has 0 fully saturated rings. The van der Waals surface area contributed by atoms with E-state index in [1.165, 1.54) is 37.7 Å². The number of nitrogens with two attached hydrogens (primary N) is 1. The lowest BCUT2D eigenvalue weighted by Crippen LogP contribution is -2.14. The summed E-state index contributed by atoms with van der Waals surface area (Å²) < 4.78 is 10.3. The van der Waals surface area contributed by atoms with Crippen LogP contribution in [0.3, 0.4) is 0 Å². The van der Waals surface area contributed by atoms with E-state index in [0.29, 0.717) is 22.1 Å². The highest BCUT2D eigenvalue weighted by molar-refractivity contribution is 7.14. The Morgan fingerprint density at radius 2 is 2.00 bits per heavy atom. The standard InChI is InChI=1S/C14H13N3O3S/c1-19-11-5-9(10(16)6-12(11)20-2)13(18)17-14-8(7-15)3-4-21-14/h3-6H,16H2,1-2H3,(H,17,18). The molecule has 21 heavy (non-hydrogen) atoms. The Balaban J connectivity index is 2.33. The molecule has 6 nitrogen and oxygen atoms in total. The molecule has 1 aromatic carbocycles. The number of amides is 1. The van der Waals surface area contributed by atoms with Gasteiger partial charge in [0, 0.05) is 11.8 Å². The molecule has 0 unspecified atom stereocenters. The average molecular weight is 303 g/mol. The number of rotatable bonds is 4. The maximum atomic E-state index is 12.3. The first-order chi connectivity index (χ1) is 10.1. The molecule has 1 heterocycles. The zero-order valence-electron chi connectivity index (χ0n) is 11.5. The van der Waals surface area contributed by atoms with Gasteiger partial charge in [-0.25, -0.2) is 0 Å². The molecule has 108 valence electrons. The van der Waals surface area contributed by atoms with Crippen LogP contribution in [-0.2, 0) is 0 Å². The largest absolute Gasteiger partial charge is 0.493 e. The van der Waals surface area contributed by atoms with E-state index in [1.54, 1.807) is 11.4 Å². The molecular weight excluding hydrogens is 290 g/mol. The zero-order chi connectivity index (χ0) is 15.4. The van der Waals surface area contributed by atoms with Crippen LogP contribution in [0.5, 0.6) is 11.5 Å². The van der Waals surface area contributed by atoms with Crippen LogP contribution >= 0.6 is 11.3 Å². The minimum absolute atomic E-state index is 0.255. The lowest BCUT2D eigenvalue weighted by molar-refractivity contribution is 0.102. The number of hydrogen-bond donors (Lipinski definition) is 2. The van der Waals surface area contributed by atoms with Gasteiger partial charge in [-0.2, -0.15) is 5.26 Å². The number of benzene rings is 1. The van der Waals surface area contributed by atoms with Crippen LogP contribution in [0.25, 0.3) is 0 Å². The summed E-state index contributed by atoms with van der Waals surface area (Å²) in [4.78, 5) is 12.3. The predicted molar refractivity (Wildman–Crippen MR) is 80.9 cm³/mol. The molecule has 1 aromatic heterocycles. The third-order valence-corrected chi connectivity index (χ3v) is 3.64. The lowest BCUT2D eigenvalue weighted by Gasteiger charge is -2.12. The monoisotopic (exact) mass is 303 g/mol. The Bertz CT molecular complexity index is 719. The number of nitrogen functional groups attached to an aromatic ring is 1. The highest BCUT2D eigenvalue weighted by atomic mass is 32.1. The summed E-state index contributed by atoms with van der Waals surface area (Å²) in [5.41, 5.74) is 6.79. The van der Waals surface area contributed by atoms with E-state index in [9.17, 15) is 4.79 Å². The first-order valence-corrected chi connectivity index (χ1v) is 6.79. The van der Waals surface area contributed by atoms with E-state index in [2.05, 4.69) is 5.32 Å². The molecule has 0 atom stereocenters. The number of anilines is 2. The van der Waals surface area contributed by atoms with Crippen LogP contribution in [-0.4, -0.2) is 20.1 Å². The minimum atomic E-state index is -0.410. The van der Waals surface area contributed by atoms with Crippen LogP contribution < -0.4 is 20.5 Å². The molecule has 0 spiro atoms. The lowest BCUT2D eigenvalue weighted by atomic mass is 10.1. The van der Waals surface area contributed by atoms with Gasteiger partial charge in [0.2, 0.25) is 0 Å². The molecule has 0 saturated carbocycles. The fourth-order valence-electron chi connectivity index (χ4n) is 1.76. The van der Waals surface area contributed by atoms with Gasteiger partial charge < -0.3 is 20.5 Å². The SMILES string of the molecule is COc1cc(N)c(C(=O)Nc2sccc2C#N)cc1OC. The summed E-state index contributed by atoms with van der Waals surface area (Å²) in [6.45, 7) is 0. The molecule has 0 saturated heterocycles. The second kappa shape index (κ2) is 6.15. The van der Waals surface area contributed by atoms with Crippen molar-refractivity contribution in [2.75, 3.05) is 25.3 Å². The molecule has 2 rings (SSSR count). The third kappa shape index (κ3) is 2.90. The van der Waals surface area contributed by atoms with Gasteiger partial charge in [-0.05, 0) is 17.5 Å². The van der Waals surface area contributed by atoms with Gasteiger partial charge >= 0.3 is 0 Å². The molecule has 2 aromatic rings. The summed E-state index contributed by atoms with van der Waals surface area (Å²) in [5, 5.41) is 13.8. The molecule has 0 radical (unpaired) electrons. The molecule has 1 amide bonds. The number of nitrogens with zero attached hydrogens (tertiary/aromatic N) is 1. The number of nitriles is 1. The van der Waals surface area contributed by atoms with Crippen LogP contribution in [0.2, 0.25) is 0 Å². The Labute approximate surface area is 125 Å². The summed E-state index contributed by atoms with van der Waals surface area (Å²) >= 11 is 1.27. The number of nitrogens with one attached hydrogen (secondary N) is 1. The number of methoxy groups -OCH3 is 2. The summed E-state index contributed by atoms with van der Waals surface area (Å²) in [5.74, 6) is 0.441. The van der Waals surface area contributed by atoms with Crippen molar-refractivity contribution in [1.29, 1.82) is 5.26 Å². The normalized spacial score (nSPS) is 9.76. The van der Waals surface area contributed by atoms with Crippen LogP contribution in [0.15, 0.2) is 23.6 Å². The smallest absolute Gasteiger partial charge is 0.258 e. The molecule has 7 heteroatoms. The molecular formula is C14H13N3O3S. The minimum Gasteiger partial charge on any atom is -0.493 e. The van der Waals surface area contributed by atoms with E-state index in [-0.39, 0.29) is 11.3 Å². The van der Waals surface area contributed by atoms with Crippen molar-refractivity contribution >= 4 is 27.9 Å².